The lowest BCUT2D eigenvalue weighted by Crippen LogP contribution is -2.51. The first kappa shape index (κ1) is 17.9. The van der Waals surface area contributed by atoms with Gasteiger partial charge in [-0.3, -0.25) is 14.5 Å². The van der Waals surface area contributed by atoms with Crippen LogP contribution >= 0.6 is 0 Å². The lowest BCUT2D eigenvalue weighted by Gasteiger charge is -2.38. The topological polar surface area (TPSA) is 49.9 Å². The molecule has 1 aromatic carbocycles. The number of carbonyl (C=O) groups excluding carboxylic acids is 2. The second-order valence-corrected chi connectivity index (χ2v) is 7.11. The molecule has 0 atom stereocenters. The molecule has 5 nitrogen and oxygen atoms in total. The van der Waals surface area contributed by atoms with Crippen LogP contribution in [0.4, 0.5) is 0 Å². The molecule has 1 saturated carbocycles. The van der Waals surface area contributed by atoms with Crippen molar-refractivity contribution in [3.05, 3.63) is 29.3 Å². The quantitative estimate of drug-likeness (QED) is 0.770. The average Bonchev–Trinajstić information content (AvgIpc) is 3.16. The fraction of sp³-hybridized carbons (Fsp3) is 0.600. The first-order chi connectivity index (χ1) is 12.1. The summed E-state index contributed by atoms with van der Waals surface area (Å²) in [5.41, 5.74) is 1.41. The third-order valence-corrected chi connectivity index (χ3v) is 5.54. The summed E-state index contributed by atoms with van der Waals surface area (Å²) in [6, 6.07) is 6.03. The van der Waals surface area contributed by atoms with Crippen LogP contribution in [0.15, 0.2) is 18.2 Å². The van der Waals surface area contributed by atoms with Crippen molar-refractivity contribution in [3.8, 4) is 5.75 Å². The smallest absolute Gasteiger partial charge is 0.227 e. The second-order valence-electron chi connectivity index (χ2n) is 7.11. The van der Waals surface area contributed by atoms with Gasteiger partial charge in [0.2, 0.25) is 5.91 Å². The highest BCUT2D eigenvalue weighted by Gasteiger charge is 2.28. The van der Waals surface area contributed by atoms with E-state index in [1.807, 2.05) is 4.90 Å². The van der Waals surface area contributed by atoms with Crippen LogP contribution in [0.25, 0.3) is 0 Å². The minimum atomic E-state index is 0.00142. The molecule has 25 heavy (non-hydrogen) atoms. The van der Waals surface area contributed by atoms with Crippen molar-refractivity contribution >= 4 is 11.7 Å². The molecule has 0 spiro atoms. The van der Waals surface area contributed by atoms with E-state index in [4.69, 9.17) is 4.74 Å². The molecule has 2 fully saturated rings. The molecule has 2 aliphatic rings. The van der Waals surface area contributed by atoms with Gasteiger partial charge in [-0.25, -0.2) is 0 Å². The van der Waals surface area contributed by atoms with Crippen molar-refractivity contribution < 1.29 is 14.3 Å². The fourth-order valence-corrected chi connectivity index (χ4v) is 4.02. The van der Waals surface area contributed by atoms with E-state index in [1.54, 1.807) is 25.3 Å². The number of nitrogens with zero attached hydrogens (tertiary/aromatic N) is 2. The third kappa shape index (κ3) is 4.21. The number of piperazine rings is 1. The number of hydrogen-bond acceptors (Lipinski definition) is 4. The highest BCUT2D eigenvalue weighted by atomic mass is 16.5. The molecule has 0 aromatic heterocycles. The molecule has 0 N–H and O–H groups in total. The summed E-state index contributed by atoms with van der Waals surface area (Å²) < 4.78 is 5.36. The SMILES string of the molecule is COc1ccc(C(C)=O)cc1CC(=O)N1CCN(C2CCCC2)CC1. The lowest BCUT2D eigenvalue weighted by molar-refractivity contribution is -0.132. The number of methoxy groups -OCH3 is 1. The second kappa shape index (κ2) is 8.00. The van der Waals surface area contributed by atoms with Gasteiger partial charge in [0.25, 0.3) is 0 Å². The number of benzene rings is 1. The number of amides is 1. The Morgan fingerprint density at radius 2 is 1.80 bits per heavy atom. The van der Waals surface area contributed by atoms with E-state index < -0.39 is 0 Å². The van der Waals surface area contributed by atoms with Crippen LogP contribution < -0.4 is 4.74 Å². The van der Waals surface area contributed by atoms with Crippen molar-refractivity contribution in [1.82, 2.24) is 9.80 Å². The molecule has 1 aromatic rings. The Hall–Kier alpha value is -1.88. The van der Waals surface area contributed by atoms with Crippen LogP contribution in [-0.4, -0.2) is 60.8 Å². The maximum absolute atomic E-state index is 12.7. The summed E-state index contributed by atoms with van der Waals surface area (Å²) in [5, 5.41) is 0. The summed E-state index contributed by atoms with van der Waals surface area (Å²) in [5.74, 6) is 0.787. The van der Waals surface area contributed by atoms with Crippen LogP contribution in [-0.2, 0) is 11.2 Å². The summed E-state index contributed by atoms with van der Waals surface area (Å²) in [7, 11) is 1.59. The zero-order valence-corrected chi connectivity index (χ0v) is 15.3. The number of ketones is 1. The normalized spacial score (nSPS) is 19.2. The molecular formula is C20H28N2O3. The minimum absolute atomic E-state index is 0.00142. The fourth-order valence-electron chi connectivity index (χ4n) is 4.02. The standard InChI is InChI=1S/C20H28N2O3/c1-15(23)16-7-8-19(25-2)17(13-16)14-20(24)22-11-9-21(10-12-22)18-5-3-4-6-18/h7-8,13,18H,3-6,9-12,14H2,1-2H3. The zero-order valence-electron chi connectivity index (χ0n) is 15.3. The van der Waals surface area contributed by atoms with Crippen molar-refractivity contribution in [1.29, 1.82) is 0 Å². The predicted octanol–water partition coefficient (Wildman–Crippen LogP) is 2.53. The highest BCUT2D eigenvalue weighted by Crippen LogP contribution is 2.25. The molecule has 1 saturated heterocycles. The Bertz CT molecular complexity index is 630. The summed E-state index contributed by atoms with van der Waals surface area (Å²) in [4.78, 5) is 28.8. The summed E-state index contributed by atoms with van der Waals surface area (Å²) in [6.45, 7) is 5.08. The number of rotatable bonds is 5. The Balaban J connectivity index is 1.61. The maximum atomic E-state index is 12.7. The van der Waals surface area contributed by atoms with Gasteiger partial charge in [-0.2, -0.15) is 0 Å². The molecule has 1 aliphatic heterocycles. The molecule has 0 bridgehead atoms. The van der Waals surface area contributed by atoms with E-state index >= 15 is 0 Å². The Kier molecular flexibility index (Phi) is 5.74. The molecule has 136 valence electrons. The van der Waals surface area contributed by atoms with E-state index in [1.165, 1.54) is 32.6 Å². The largest absolute Gasteiger partial charge is 0.496 e. The number of ether oxygens (including phenoxy) is 1. The van der Waals surface area contributed by atoms with Gasteiger partial charge >= 0.3 is 0 Å². The van der Waals surface area contributed by atoms with Gasteiger partial charge in [0, 0.05) is 43.3 Å². The van der Waals surface area contributed by atoms with Gasteiger partial charge in [-0.15, -0.1) is 0 Å². The average molecular weight is 344 g/mol. The summed E-state index contributed by atoms with van der Waals surface area (Å²) >= 11 is 0. The van der Waals surface area contributed by atoms with Gasteiger partial charge in [-0.05, 0) is 38.0 Å². The van der Waals surface area contributed by atoms with Gasteiger partial charge in [0.1, 0.15) is 5.75 Å². The van der Waals surface area contributed by atoms with Crippen LogP contribution in [0.3, 0.4) is 0 Å². The van der Waals surface area contributed by atoms with E-state index in [0.29, 0.717) is 11.3 Å². The first-order valence-corrected chi connectivity index (χ1v) is 9.28. The Morgan fingerprint density at radius 1 is 1.12 bits per heavy atom. The Morgan fingerprint density at radius 3 is 2.40 bits per heavy atom. The number of Topliss-reactive ketones (excluding diaryl/α,β-unsaturated/α-hetero) is 1. The van der Waals surface area contributed by atoms with Crippen molar-refractivity contribution in [2.75, 3.05) is 33.3 Å². The van der Waals surface area contributed by atoms with E-state index in [2.05, 4.69) is 4.90 Å². The van der Waals surface area contributed by atoms with Crippen molar-refractivity contribution in [2.45, 2.75) is 45.1 Å². The van der Waals surface area contributed by atoms with Gasteiger partial charge in [-0.1, -0.05) is 12.8 Å². The summed E-state index contributed by atoms with van der Waals surface area (Å²) in [6.07, 6.45) is 5.59. The Labute approximate surface area is 149 Å². The van der Waals surface area contributed by atoms with E-state index in [0.717, 1.165) is 37.8 Å². The maximum Gasteiger partial charge on any atom is 0.227 e. The molecule has 1 aliphatic carbocycles. The predicted molar refractivity (Wildman–Crippen MR) is 97.1 cm³/mol. The van der Waals surface area contributed by atoms with Crippen molar-refractivity contribution in [2.24, 2.45) is 0 Å². The third-order valence-electron chi connectivity index (χ3n) is 5.54. The van der Waals surface area contributed by atoms with E-state index in [9.17, 15) is 9.59 Å². The molecule has 0 radical (unpaired) electrons. The highest BCUT2D eigenvalue weighted by molar-refractivity contribution is 5.94. The lowest BCUT2D eigenvalue weighted by atomic mass is 10.0. The van der Waals surface area contributed by atoms with Crippen LogP contribution in [0.2, 0.25) is 0 Å². The van der Waals surface area contributed by atoms with Gasteiger partial charge < -0.3 is 9.64 Å². The molecule has 5 heteroatoms. The number of hydrogen-bond donors (Lipinski definition) is 0. The monoisotopic (exact) mass is 344 g/mol. The van der Waals surface area contributed by atoms with Gasteiger partial charge in [0.05, 0.1) is 13.5 Å². The van der Waals surface area contributed by atoms with Crippen molar-refractivity contribution in [3.63, 3.8) is 0 Å². The molecular weight excluding hydrogens is 316 g/mol. The molecule has 1 amide bonds. The van der Waals surface area contributed by atoms with Crippen LogP contribution in [0, 0.1) is 0 Å². The van der Waals surface area contributed by atoms with E-state index in [-0.39, 0.29) is 18.1 Å². The zero-order chi connectivity index (χ0) is 17.8. The molecule has 1 heterocycles. The molecule has 0 unspecified atom stereocenters. The van der Waals surface area contributed by atoms with Crippen LogP contribution in [0.5, 0.6) is 5.75 Å². The van der Waals surface area contributed by atoms with Gasteiger partial charge in [0.15, 0.2) is 5.78 Å². The van der Waals surface area contributed by atoms with Crippen LogP contribution in [0.1, 0.15) is 48.5 Å². The minimum Gasteiger partial charge on any atom is -0.496 e. The molecule has 3 rings (SSSR count). The number of carbonyl (C=O) groups is 2. The first-order valence-electron chi connectivity index (χ1n) is 9.28.